The molecule has 0 heterocycles. The minimum atomic E-state index is -7.40. The molecule has 42 heavy (non-hydrogen) atoms. The predicted octanol–water partition coefficient (Wildman–Crippen LogP) is 4.93. The van der Waals surface area contributed by atoms with Gasteiger partial charge in [-0.3, -0.25) is 0 Å². The van der Waals surface area contributed by atoms with Gasteiger partial charge in [0.2, 0.25) is 9.84 Å². The summed E-state index contributed by atoms with van der Waals surface area (Å²) < 4.78 is 269. The van der Waals surface area contributed by atoms with Crippen molar-refractivity contribution in [2.45, 2.75) is 72.5 Å². The molecule has 0 atom stereocenters. The minimum Gasteiger partial charge on any atom is -0.743 e. The van der Waals surface area contributed by atoms with Crippen molar-refractivity contribution in [1.29, 1.82) is 0 Å². The summed E-state index contributed by atoms with van der Waals surface area (Å²) in [6, 6.07) is 0. The van der Waals surface area contributed by atoms with E-state index >= 15 is 0 Å². The number of sulfone groups is 1. The summed E-state index contributed by atoms with van der Waals surface area (Å²) in [6.07, 6.45) is -34.0. The van der Waals surface area contributed by atoms with E-state index in [1.807, 2.05) is 4.74 Å². The highest BCUT2D eigenvalue weighted by atomic mass is 32.2. The molecule has 0 rings (SSSR count). The Morgan fingerprint density at radius 2 is 0.857 bits per heavy atom. The number of nitrogens with zero attached hydrogens (tertiary/aromatic N) is 1. The maximum Gasteiger partial charge on any atom is 0.439 e. The fraction of sp³-hybridized carbons (Fsp3) is 1.00. The van der Waals surface area contributed by atoms with Gasteiger partial charge in [0.15, 0.2) is 10.1 Å². The number of rotatable bonds is 18. The first-order chi connectivity index (χ1) is 18.0. The molecule has 8 nitrogen and oxygen atoms in total. The van der Waals surface area contributed by atoms with Crippen LogP contribution in [0.3, 0.4) is 0 Å². The zero-order valence-corrected chi connectivity index (χ0v) is 22.0. The molecule has 254 valence electrons. The van der Waals surface area contributed by atoms with Crippen LogP contribution in [0.4, 0.5) is 70.2 Å². The third-order valence-corrected chi connectivity index (χ3v) is 6.92. The molecule has 0 bridgehead atoms. The zero-order chi connectivity index (χ0) is 34.2. The van der Waals surface area contributed by atoms with E-state index in [2.05, 4.69) is 4.74 Å². The molecule has 0 aromatic carbocycles. The lowest BCUT2D eigenvalue weighted by Crippen LogP contribution is -2.56. The van der Waals surface area contributed by atoms with Crippen LogP contribution in [-0.4, -0.2) is 99.5 Å². The van der Waals surface area contributed by atoms with Gasteiger partial charge in [-0.1, -0.05) is 0 Å². The predicted molar refractivity (Wildman–Crippen MR) is 102 cm³/mol. The molecule has 0 saturated carbocycles. The lowest BCUT2D eigenvalue weighted by Gasteiger charge is -2.33. The van der Waals surface area contributed by atoms with Gasteiger partial charge < -0.3 is 9.45 Å². The van der Waals surface area contributed by atoms with Crippen molar-refractivity contribution in [2.24, 2.45) is 0 Å². The third kappa shape index (κ3) is 8.84. The van der Waals surface area contributed by atoms with Crippen molar-refractivity contribution in [3.8, 4) is 0 Å². The van der Waals surface area contributed by atoms with E-state index in [1.54, 1.807) is 0 Å². The third-order valence-electron chi connectivity index (χ3n) is 4.88. The Morgan fingerprint density at radius 1 is 0.571 bits per heavy atom. The van der Waals surface area contributed by atoms with Gasteiger partial charge in [0.25, 0.3) is 0 Å². The SMILES string of the molecule is CN(CCCC(F)(F)C(F)(F)OC(F)(F)C(F)(F)S(C)(=O)=O)CCCC(F)(F)C(F)(F)OC(F)(F)C(F)(F)S(=O)(=O)[O-]. The highest BCUT2D eigenvalue weighted by Gasteiger charge is 2.73. The monoisotopic (exact) mass is 704 g/mol. The molecule has 0 saturated heterocycles. The molecule has 0 amide bonds. The maximum atomic E-state index is 13.7. The number of hydrogen-bond donors (Lipinski definition) is 0. The first kappa shape index (κ1) is 40.6. The Hall–Kier alpha value is -1.38. The van der Waals surface area contributed by atoms with Crippen LogP contribution in [0.15, 0.2) is 0 Å². The Bertz CT molecular complexity index is 1060. The van der Waals surface area contributed by atoms with Crippen molar-refractivity contribution in [2.75, 3.05) is 26.4 Å². The number of alkyl halides is 16. The molecule has 0 unspecified atom stereocenters. The Balaban J connectivity index is 5.17. The van der Waals surface area contributed by atoms with Gasteiger partial charge in [0, 0.05) is 19.1 Å². The van der Waals surface area contributed by atoms with Crippen LogP contribution >= 0.6 is 0 Å². The molecule has 0 aliphatic heterocycles. The second-order valence-electron chi connectivity index (χ2n) is 8.45. The van der Waals surface area contributed by atoms with E-state index in [0.29, 0.717) is 4.90 Å². The topological polar surface area (TPSA) is 113 Å². The van der Waals surface area contributed by atoms with Crippen molar-refractivity contribution < 1.29 is 101 Å². The molecule has 0 aromatic heterocycles. The summed E-state index contributed by atoms with van der Waals surface area (Å²) in [6.45, 7) is -1.78. The summed E-state index contributed by atoms with van der Waals surface area (Å²) in [7, 11) is -12.8. The highest BCUT2D eigenvalue weighted by Crippen LogP contribution is 2.49. The van der Waals surface area contributed by atoms with Crippen LogP contribution in [0.25, 0.3) is 0 Å². The van der Waals surface area contributed by atoms with E-state index < -0.39 is 112 Å². The molecular weight excluding hydrogens is 686 g/mol. The van der Waals surface area contributed by atoms with Gasteiger partial charge in [-0.25, -0.2) is 26.3 Å². The number of hydrogen-bond acceptors (Lipinski definition) is 8. The summed E-state index contributed by atoms with van der Waals surface area (Å²) in [5.41, 5.74) is 0. The van der Waals surface area contributed by atoms with Crippen molar-refractivity contribution in [3.63, 3.8) is 0 Å². The summed E-state index contributed by atoms with van der Waals surface area (Å²) in [5.74, 6) is -11.5. The second kappa shape index (κ2) is 12.2. The van der Waals surface area contributed by atoms with Crippen molar-refractivity contribution in [1.82, 2.24) is 4.90 Å². The van der Waals surface area contributed by atoms with Crippen LogP contribution in [0, 0.1) is 0 Å². The van der Waals surface area contributed by atoms with Crippen LogP contribution in [0.2, 0.25) is 0 Å². The fourth-order valence-corrected chi connectivity index (χ4v) is 3.30. The average molecular weight is 704 g/mol. The molecule has 26 heteroatoms. The van der Waals surface area contributed by atoms with Crippen LogP contribution < -0.4 is 0 Å². The normalized spacial score (nSPS) is 15.9. The average Bonchev–Trinajstić information content (AvgIpc) is 2.69. The number of ether oxygens (including phenoxy) is 2. The molecule has 0 fully saturated rings. The first-order valence-corrected chi connectivity index (χ1v) is 13.6. The van der Waals surface area contributed by atoms with Gasteiger partial charge >= 0.3 is 46.8 Å². The summed E-state index contributed by atoms with van der Waals surface area (Å²) in [5, 5.41) is -13.3. The van der Waals surface area contributed by atoms with E-state index in [1.165, 1.54) is 0 Å². The van der Waals surface area contributed by atoms with E-state index in [9.17, 15) is 91.6 Å². The lowest BCUT2D eigenvalue weighted by atomic mass is 10.1. The lowest BCUT2D eigenvalue weighted by molar-refractivity contribution is -0.456. The molecule has 0 N–H and O–H groups in total. The maximum absolute atomic E-state index is 13.7. The van der Waals surface area contributed by atoms with Crippen LogP contribution in [-0.2, 0) is 29.4 Å². The number of halogens is 16. The van der Waals surface area contributed by atoms with E-state index in [4.69, 9.17) is 0 Å². The zero-order valence-electron chi connectivity index (χ0n) is 20.4. The molecule has 0 radical (unpaired) electrons. The van der Waals surface area contributed by atoms with Gasteiger partial charge in [0.1, 0.15) is 0 Å². The Morgan fingerprint density at radius 3 is 1.12 bits per heavy atom. The Labute approximate surface area is 225 Å². The molecule has 0 aliphatic carbocycles. The van der Waals surface area contributed by atoms with Gasteiger partial charge in [0.05, 0.1) is 0 Å². The van der Waals surface area contributed by atoms with E-state index in [0.717, 1.165) is 7.05 Å². The summed E-state index contributed by atoms with van der Waals surface area (Å²) >= 11 is 0. The van der Waals surface area contributed by atoms with Crippen molar-refractivity contribution in [3.05, 3.63) is 0 Å². The fourth-order valence-electron chi connectivity index (χ4n) is 2.50. The van der Waals surface area contributed by atoms with Gasteiger partial charge in [-0.15, -0.1) is 0 Å². The van der Waals surface area contributed by atoms with E-state index in [-0.39, 0.29) is 0 Å². The first-order valence-electron chi connectivity index (χ1n) is 10.3. The highest BCUT2D eigenvalue weighted by molar-refractivity contribution is 7.91. The van der Waals surface area contributed by atoms with Gasteiger partial charge in [-0.05, 0) is 33.0 Å². The van der Waals surface area contributed by atoms with Crippen LogP contribution in [0.5, 0.6) is 0 Å². The van der Waals surface area contributed by atoms with Gasteiger partial charge in [-0.2, -0.15) is 70.2 Å². The Kier molecular flexibility index (Phi) is 11.8. The molecule has 0 aliphatic rings. The standard InChI is InChI=1S/C16H19F16NO7S2/c1-33(7-3-5-9(17,18)11(21,22)39-13(25,26)15(29,30)41(2,34)35)8-4-6-10(19,20)12(23,24)40-14(27,28)16(31,32)42(36,37)38/h3-8H2,1-2H3,(H,36,37,38)/p-1. The second-order valence-corrected chi connectivity index (χ2v) is 11.9. The molecular formula is C16H18F16NO7S2-. The largest absolute Gasteiger partial charge is 0.743 e. The quantitative estimate of drug-likeness (QED) is 0.146. The smallest absolute Gasteiger partial charge is 0.439 e. The minimum absolute atomic E-state index is 0.546. The van der Waals surface area contributed by atoms with Crippen molar-refractivity contribution >= 4 is 20.0 Å². The summed E-state index contributed by atoms with van der Waals surface area (Å²) in [4.78, 5) is 0.628. The molecule has 0 spiro atoms. The van der Waals surface area contributed by atoms with Crippen LogP contribution in [0.1, 0.15) is 25.7 Å². The molecule has 0 aromatic rings.